The number of methoxy groups -OCH3 is 1. The molecule has 1 aromatic carbocycles. The summed E-state index contributed by atoms with van der Waals surface area (Å²) in [5.74, 6) is 1.60. The Morgan fingerprint density at radius 3 is 2.56 bits per heavy atom. The van der Waals surface area contributed by atoms with E-state index in [2.05, 4.69) is 0 Å². The Morgan fingerprint density at radius 2 is 1.94 bits per heavy atom. The molecule has 1 aliphatic carbocycles. The monoisotopic (exact) mass is 268 g/mol. The molecule has 0 heterocycles. The summed E-state index contributed by atoms with van der Waals surface area (Å²) in [5.41, 5.74) is 2.29. The van der Waals surface area contributed by atoms with Crippen LogP contribution < -0.4 is 4.74 Å². The van der Waals surface area contributed by atoms with Gasteiger partial charge >= 0.3 is 0 Å². The molecule has 1 N–H and O–H groups in total. The molecule has 0 spiro atoms. The highest BCUT2D eigenvalue weighted by atomic mass is 35.5. The first kappa shape index (κ1) is 13.7. The van der Waals surface area contributed by atoms with Gasteiger partial charge in [-0.2, -0.15) is 0 Å². The van der Waals surface area contributed by atoms with Crippen LogP contribution >= 0.6 is 11.6 Å². The van der Waals surface area contributed by atoms with E-state index in [4.69, 9.17) is 16.3 Å². The van der Waals surface area contributed by atoms with Crippen LogP contribution in [0.4, 0.5) is 0 Å². The van der Waals surface area contributed by atoms with E-state index in [1.807, 2.05) is 19.1 Å². The molecule has 0 amide bonds. The van der Waals surface area contributed by atoms with Gasteiger partial charge in [0.2, 0.25) is 0 Å². The van der Waals surface area contributed by atoms with Crippen molar-refractivity contribution in [2.75, 3.05) is 7.11 Å². The lowest BCUT2D eigenvalue weighted by molar-refractivity contribution is 0.108. The minimum atomic E-state index is -0.0933. The first-order valence-corrected chi connectivity index (χ1v) is 6.99. The lowest BCUT2D eigenvalue weighted by Gasteiger charge is -2.26. The van der Waals surface area contributed by atoms with Crippen LogP contribution in [0, 0.1) is 12.8 Å². The Labute approximate surface area is 114 Å². The number of benzene rings is 1. The third-order valence-electron chi connectivity index (χ3n) is 3.85. The Kier molecular flexibility index (Phi) is 4.52. The summed E-state index contributed by atoms with van der Waals surface area (Å²) in [4.78, 5) is 0. The minimum absolute atomic E-state index is 0.0933. The van der Waals surface area contributed by atoms with Gasteiger partial charge < -0.3 is 9.84 Å². The van der Waals surface area contributed by atoms with Gasteiger partial charge in [-0.15, -0.1) is 0 Å². The number of aryl methyl sites for hydroxylation is 1. The maximum absolute atomic E-state index is 9.54. The molecule has 2 nitrogen and oxygen atoms in total. The number of ether oxygens (including phenoxy) is 1. The highest BCUT2D eigenvalue weighted by Gasteiger charge is 2.21. The number of aliphatic hydroxyl groups excluding tert-OH is 1. The molecule has 0 atom stereocenters. The fraction of sp³-hybridized carbons (Fsp3) is 0.600. The predicted octanol–water partition coefficient (Wildman–Crippen LogP) is 3.75. The zero-order chi connectivity index (χ0) is 13.1. The molecule has 100 valence electrons. The molecule has 0 bridgehead atoms. The Bertz CT molecular complexity index is 409. The average molecular weight is 269 g/mol. The van der Waals surface area contributed by atoms with Gasteiger partial charge in [-0.25, -0.2) is 0 Å². The minimum Gasteiger partial charge on any atom is -0.496 e. The molecular formula is C15H21ClO2. The van der Waals surface area contributed by atoms with Gasteiger partial charge in [-0.3, -0.25) is 0 Å². The Hall–Kier alpha value is -0.730. The van der Waals surface area contributed by atoms with Gasteiger partial charge in [0.1, 0.15) is 5.75 Å². The SMILES string of the molecule is COc1c(C)cc(Cl)cc1CC1CCC(O)CC1. The van der Waals surface area contributed by atoms with Crippen LogP contribution in [0.1, 0.15) is 36.8 Å². The molecule has 3 heteroatoms. The summed E-state index contributed by atoms with van der Waals surface area (Å²) in [5, 5.41) is 10.3. The molecular weight excluding hydrogens is 248 g/mol. The Morgan fingerprint density at radius 1 is 1.28 bits per heavy atom. The van der Waals surface area contributed by atoms with Gasteiger partial charge in [0, 0.05) is 5.02 Å². The summed E-state index contributed by atoms with van der Waals surface area (Å²) in [7, 11) is 1.71. The summed E-state index contributed by atoms with van der Waals surface area (Å²) < 4.78 is 5.49. The third-order valence-corrected chi connectivity index (χ3v) is 4.06. The smallest absolute Gasteiger partial charge is 0.125 e. The number of hydrogen-bond acceptors (Lipinski definition) is 2. The largest absolute Gasteiger partial charge is 0.496 e. The van der Waals surface area contributed by atoms with Gasteiger partial charge in [0.25, 0.3) is 0 Å². The summed E-state index contributed by atoms with van der Waals surface area (Å²) in [6.45, 7) is 2.03. The topological polar surface area (TPSA) is 29.5 Å². The molecule has 0 aromatic heterocycles. The van der Waals surface area contributed by atoms with E-state index in [0.717, 1.165) is 48.4 Å². The van der Waals surface area contributed by atoms with E-state index in [1.165, 1.54) is 5.56 Å². The molecule has 1 fully saturated rings. The van der Waals surface area contributed by atoms with Crippen molar-refractivity contribution in [1.29, 1.82) is 0 Å². The second kappa shape index (κ2) is 5.94. The van der Waals surface area contributed by atoms with Crippen molar-refractivity contribution in [3.05, 3.63) is 28.3 Å². The van der Waals surface area contributed by atoms with E-state index in [-0.39, 0.29) is 6.10 Å². The van der Waals surface area contributed by atoms with Crippen LogP contribution in [-0.2, 0) is 6.42 Å². The summed E-state index contributed by atoms with van der Waals surface area (Å²) >= 11 is 6.12. The van der Waals surface area contributed by atoms with E-state index >= 15 is 0 Å². The van der Waals surface area contributed by atoms with Crippen molar-refractivity contribution in [1.82, 2.24) is 0 Å². The summed E-state index contributed by atoms with van der Waals surface area (Å²) in [6.07, 6.45) is 4.94. The van der Waals surface area contributed by atoms with Crippen molar-refractivity contribution in [3.8, 4) is 5.75 Å². The lowest BCUT2D eigenvalue weighted by Crippen LogP contribution is -2.19. The fourth-order valence-corrected chi connectivity index (χ4v) is 3.20. The predicted molar refractivity (Wildman–Crippen MR) is 74.4 cm³/mol. The Balaban J connectivity index is 2.13. The van der Waals surface area contributed by atoms with Crippen LogP contribution in [0.15, 0.2) is 12.1 Å². The maximum Gasteiger partial charge on any atom is 0.125 e. The van der Waals surface area contributed by atoms with Crippen LogP contribution in [0.5, 0.6) is 5.75 Å². The van der Waals surface area contributed by atoms with Crippen molar-refractivity contribution >= 4 is 11.6 Å². The van der Waals surface area contributed by atoms with E-state index in [1.54, 1.807) is 7.11 Å². The highest BCUT2D eigenvalue weighted by Crippen LogP contribution is 2.33. The highest BCUT2D eigenvalue weighted by molar-refractivity contribution is 6.30. The molecule has 1 saturated carbocycles. The van der Waals surface area contributed by atoms with Gasteiger partial charge in [-0.1, -0.05) is 11.6 Å². The fourth-order valence-electron chi connectivity index (χ4n) is 2.90. The van der Waals surface area contributed by atoms with Gasteiger partial charge in [0.15, 0.2) is 0 Å². The molecule has 2 rings (SSSR count). The summed E-state index contributed by atoms with van der Waals surface area (Å²) in [6, 6.07) is 3.95. The molecule has 0 aliphatic heterocycles. The maximum atomic E-state index is 9.54. The standard InChI is InChI=1S/C15H21ClO2/c1-10-7-13(16)9-12(15(10)18-2)8-11-3-5-14(17)6-4-11/h7,9,11,14,17H,3-6,8H2,1-2H3. The molecule has 0 unspecified atom stereocenters. The zero-order valence-electron chi connectivity index (χ0n) is 11.1. The molecule has 1 aliphatic rings. The molecule has 0 saturated heterocycles. The van der Waals surface area contributed by atoms with Crippen LogP contribution in [0.3, 0.4) is 0 Å². The quantitative estimate of drug-likeness (QED) is 0.905. The van der Waals surface area contributed by atoms with E-state index in [9.17, 15) is 5.11 Å². The van der Waals surface area contributed by atoms with E-state index < -0.39 is 0 Å². The number of halogens is 1. The van der Waals surface area contributed by atoms with Gasteiger partial charge in [-0.05, 0) is 68.2 Å². The average Bonchev–Trinajstić information content (AvgIpc) is 2.32. The van der Waals surface area contributed by atoms with Crippen LogP contribution in [-0.4, -0.2) is 18.3 Å². The van der Waals surface area contributed by atoms with Crippen LogP contribution in [0.2, 0.25) is 5.02 Å². The molecule has 0 radical (unpaired) electrons. The molecule has 18 heavy (non-hydrogen) atoms. The number of rotatable bonds is 3. The lowest BCUT2D eigenvalue weighted by atomic mass is 9.83. The normalized spacial score (nSPS) is 24.0. The van der Waals surface area contributed by atoms with Crippen molar-refractivity contribution in [2.24, 2.45) is 5.92 Å². The third kappa shape index (κ3) is 3.18. The first-order chi connectivity index (χ1) is 8.60. The second-order valence-electron chi connectivity index (χ2n) is 5.29. The molecule has 1 aromatic rings. The van der Waals surface area contributed by atoms with Crippen LogP contribution in [0.25, 0.3) is 0 Å². The van der Waals surface area contributed by atoms with E-state index in [0.29, 0.717) is 5.92 Å². The van der Waals surface area contributed by atoms with Crippen molar-refractivity contribution in [3.63, 3.8) is 0 Å². The number of aliphatic hydroxyl groups is 1. The number of hydrogen-bond donors (Lipinski definition) is 1. The first-order valence-electron chi connectivity index (χ1n) is 6.61. The van der Waals surface area contributed by atoms with Gasteiger partial charge in [0.05, 0.1) is 13.2 Å². The second-order valence-corrected chi connectivity index (χ2v) is 5.73. The van der Waals surface area contributed by atoms with Crippen molar-refractivity contribution < 1.29 is 9.84 Å². The zero-order valence-corrected chi connectivity index (χ0v) is 11.8. The van der Waals surface area contributed by atoms with Crippen molar-refractivity contribution in [2.45, 2.75) is 45.1 Å².